The molecule has 1 fully saturated rings. The van der Waals surface area contributed by atoms with E-state index in [1.54, 1.807) is 0 Å². The molecule has 4 nitrogen and oxygen atoms in total. The minimum absolute atomic E-state index is 0.0781. The van der Waals surface area contributed by atoms with E-state index in [-0.39, 0.29) is 18.0 Å². The zero-order chi connectivity index (χ0) is 16.0. The molecule has 0 aromatic carbocycles. The van der Waals surface area contributed by atoms with E-state index in [2.05, 4.69) is 36.0 Å². The van der Waals surface area contributed by atoms with E-state index in [9.17, 15) is 4.79 Å². The van der Waals surface area contributed by atoms with Gasteiger partial charge in [-0.2, -0.15) is 0 Å². The summed E-state index contributed by atoms with van der Waals surface area (Å²) in [6, 6.07) is 0. The van der Waals surface area contributed by atoms with Crippen molar-refractivity contribution in [3.8, 4) is 0 Å². The third kappa shape index (κ3) is 8.35. The Morgan fingerprint density at radius 3 is 2.73 bits per heavy atom. The highest BCUT2D eigenvalue weighted by Crippen LogP contribution is 2.18. The Kier molecular flexibility index (Phi) is 10.7. The van der Waals surface area contributed by atoms with Crippen molar-refractivity contribution in [3.63, 3.8) is 0 Å². The molecule has 1 aliphatic heterocycles. The first-order chi connectivity index (χ1) is 10.8. The van der Waals surface area contributed by atoms with Gasteiger partial charge in [0, 0.05) is 12.3 Å². The van der Waals surface area contributed by atoms with Gasteiger partial charge in [0.05, 0.1) is 19.8 Å². The van der Waals surface area contributed by atoms with E-state index in [1.165, 1.54) is 26.4 Å². The van der Waals surface area contributed by atoms with Crippen LogP contribution in [0.2, 0.25) is 0 Å². The Hall–Kier alpha value is -1.13. The van der Waals surface area contributed by atoms with E-state index in [0.717, 1.165) is 19.3 Å². The molecule has 0 unspecified atom stereocenters. The summed E-state index contributed by atoms with van der Waals surface area (Å²) in [7, 11) is 1.42. The van der Waals surface area contributed by atoms with Gasteiger partial charge >= 0.3 is 5.97 Å². The van der Waals surface area contributed by atoms with Crippen molar-refractivity contribution in [1.29, 1.82) is 0 Å². The van der Waals surface area contributed by atoms with Crippen LogP contribution in [0.5, 0.6) is 0 Å². The van der Waals surface area contributed by atoms with Crippen molar-refractivity contribution in [3.05, 3.63) is 24.3 Å². The molecular formula is C18H30O4. The monoisotopic (exact) mass is 310 g/mol. The standard InChI is InChI=1S/C18H30O4/c1-3-4-5-6-8-11-16-14-21-15-22-17(16)12-9-7-10-13-18(19)20-2/h8-9,11-12,16-17H,3-7,10,13-15H2,1-2H3/b11-8-,12-9+/t16-,17+/m1/s1. The van der Waals surface area contributed by atoms with Gasteiger partial charge in [0.2, 0.25) is 0 Å². The topological polar surface area (TPSA) is 44.8 Å². The molecule has 1 aliphatic rings. The van der Waals surface area contributed by atoms with Gasteiger partial charge in [-0.15, -0.1) is 0 Å². The zero-order valence-electron chi connectivity index (χ0n) is 14.0. The van der Waals surface area contributed by atoms with Crippen LogP contribution in [0.15, 0.2) is 24.3 Å². The number of hydrogen-bond donors (Lipinski definition) is 0. The SMILES string of the molecule is CCCCC/C=C\[C@@H]1COCO[C@H]1/C=C/CCCC(=O)OC. The van der Waals surface area contributed by atoms with Gasteiger partial charge in [0.15, 0.2) is 0 Å². The fourth-order valence-electron chi connectivity index (χ4n) is 2.37. The van der Waals surface area contributed by atoms with Crippen molar-refractivity contribution in [1.82, 2.24) is 0 Å². The van der Waals surface area contributed by atoms with Crippen LogP contribution in [0.25, 0.3) is 0 Å². The third-order valence-electron chi connectivity index (χ3n) is 3.74. The van der Waals surface area contributed by atoms with Crippen molar-refractivity contribution in [2.45, 2.75) is 58.0 Å². The fraction of sp³-hybridized carbons (Fsp3) is 0.722. The summed E-state index contributed by atoms with van der Waals surface area (Å²) in [4.78, 5) is 11.0. The smallest absolute Gasteiger partial charge is 0.305 e. The van der Waals surface area contributed by atoms with Crippen LogP contribution in [-0.2, 0) is 19.0 Å². The molecule has 0 spiro atoms. The molecule has 0 amide bonds. The van der Waals surface area contributed by atoms with Crippen LogP contribution in [0.4, 0.5) is 0 Å². The summed E-state index contributed by atoms with van der Waals surface area (Å²) in [5.41, 5.74) is 0. The summed E-state index contributed by atoms with van der Waals surface area (Å²) in [5, 5.41) is 0. The number of carbonyl (C=O) groups is 1. The Morgan fingerprint density at radius 2 is 1.95 bits per heavy atom. The zero-order valence-corrected chi connectivity index (χ0v) is 14.0. The number of rotatable bonds is 10. The lowest BCUT2D eigenvalue weighted by molar-refractivity contribution is -0.143. The van der Waals surface area contributed by atoms with Gasteiger partial charge in [-0.05, 0) is 25.7 Å². The Morgan fingerprint density at radius 1 is 1.18 bits per heavy atom. The van der Waals surface area contributed by atoms with Crippen molar-refractivity contribution in [2.75, 3.05) is 20.5 Å². The molecule has 0 aromatic heterocycles. The van der Waals surface area contributed by atoms with Crippen LogP contribution in [0.3, 0.4) is 0 Å². The van der Waals surface area contributed by atoms with Gasteiger partial charge in [-0.3, -0.25) is 4.79 Å². The van der Waals surface area contributed by atoms with Crippen LogP contribution in [0.1, 0.15) is 51.9 Å². The number of ether oxygens (including phenoxy) is 3. The van der Waals surface area contributed by atoms with Gasteiger partial charge in [-0.1, -0.05) is 44.1 Å². The predicted octanol–water partition coefficient (Wildman–Crippen LogP) is 4.01. The van der Waals surface area contributed by atoms with Crippen LogP contribution in [-0.4, -0.2) is 32.6 Å². The molecule has 0 bridgehead atoms. The van der Waals surface area contributed by atoms with Crippen LogP contribution < -0.4 is 0 Å². The van der Waals surface area contributed by atoms with Gasteiger partial charge in [0.25, 0.3) is 0 Å². The quantitative estimate of drug-likeness (QED) is 0.347. The first kappa shape index (κ1) is 18.9. The molecule has 2 atom stereocenters. The van der Waals surface area contributed by atoms with Crippen molar-refractivity contribution in [2.24, 2.45) is 5.92 Å². The number of unbranched alkanes of at least 4 members (excludes halogenated alkanes) is 4. The average Bonchev–Trinajstić information content (AvgIpc) is 2.55. The largest absolute Gasteiger partial charge is 0.469 e. The summed E-state index contributed by atoms with van der Waals surface area (Å²) in [6.45, 7) is 3.28. The lowest BCUT2D eigenvalue weighted by Gasteiger charge is -2.27. The number of esters is 1. The average molecular weight is 310 g/mol. The van der Waals surface area contributed by atoms with E-state index < -0.39 is 0 Å². The third-order valence-corrected chi connectivity index (χ3v) is 3.74. The lowest BCUT2D eigenvalue weighted by Crippen LogP contribution is -2.31. The number of hydrogen-bond acceptors (Lipinski definition) is 4. The summed E-state index contributed by atoms with van der Waals surface area (Å²) in [5.74, 6) is 0.135. The maximum absolute atomic E-state index is 11.0. The van der Waals surface area contributed by atoms with Gasteiger partial charge < -0.3 is 14.2 Å². The van der Waals surface area contributed by atoms with Crippen molar-refractivity contribution < 1.29 is 19.0 Å². The molecular weight excluding hydrogens is 280 g/mol. The van der Waals surface area contributed by atoms with E-state index in [0.29, 0.717) is 19.8 Å². The number of carbonyl (C=O) groups excluding carboxylic acids is 1. The molecule has 0 aromatic rings. The summed E-state index contributed by atoms with van der Waals surface area (Å²) >= 11 is 0. The summed E-state index contributed by atoms with van der Waals surface area (Å²) in [6.07, 6.45) is 15.8. The number of methoxy groups -OCH3 is 1. The van der Waals surface area contributed by atoms with Crippen LogP contribution in [0, 0.1) is 5.92 Å². The molecule has 1 rings (SSSR count). The second-order valence-electron chi connectivity index (χ2n) is 5.60. The fourth-order valence-corrected chi connectivity index (χ4v) is 2.37. The second-order valence-corrected chi connectivity index (χ2v) is 5.60. The Bertz CT molecular complexity index is 349. The van der Waals surface area contributed by atoms with Gasteiger partial charge in [-0.25, -0.2) is 0 Å². The molecule has 1 heterocycles. The molecule has 0 radical (unpaired) electrons. The first-order valence-corrected chi connectivity index (χ1v) is 8.37. The predicted molar refractivity (Wildman–Crippen MR) is 87.5 cm³/mol. The van der Waals surface area contributed by atoms with E-state index in [1.807, 2.05) is 0 Å². The second kappa shape index (κ2) is 12.4. The van der Waals surface area contributed by atoms with E-state index in [4.69, 9.17) is 9.47 Å². The molecule has 0 aliphatic carbocycles. The van der Waals surface area contributed by atoms with Gasteiger partial charge in [0.1, 0.15) is 6.79 Å². The van der Waals surface area contributed by atoms with E-state index >= 15 is 0 Å². The summed E-state index contributed by atoms with van der Waals surface area (Å²) < 4.78 is 15.7. The Balaban J connectivity index is 2.29. The molecule has 1 saturated heterocycles. The highest BCUT2D eigenvalue weighted by molar-refractivity contribution is 5.69. The maximum Gasteiger partial charge on any atom is 0.305 e. The highest BCUT2D eigenvalue weighted by atomic mass is 16.7. The maximum atomic E-state index is 11.0. The Labute approximate surface area is 134 Å². The number of allylic oxidation sites excluding steroid dienone is 2. The molecule has 126 valence electrons. The normalized spacial score (nSPS) is 22.5. The highest BCUT2D eigenvalue weighted by Gasteiger charge is 2.21. The lowest BCUT2D eigenvalue weighted by atomic mass is 10.00. The molecule has 22 heavy (non-hydrogen) atoms. The van der Waals surface area contributed by atoms with Crippen molar-refractivity contribution >= 4 is 5.97 Å². The molecule has 0 saturated carbocycles. The minimum atomic E-state index is -0.149. The first-order valence-electron chi connectivity index (χ1n) is 8.37. The van der Waals surface area contributed by atoms with Crippen LogP contribution >= 0.6 is 0 Å². The molecule has 4 heteroatoms. The molecule has 0 N–H and O–H groups in total. The minimum Gasteiger partial charge on any atom is -0.469 e.